The minimum absolute atomic E-state index is 0.149. The van der Waals surface area contributed by atoms with Gasteiger partial charge in [-0.1, -0.05) is 36.4 Å². The molecule has 0 aliphatic heterocycles. The average molecular weight is 296 g/mol. The predicted molar refractivity (Wildman–Crippen MR) is 87.9 cm³/mol. The molecule has 0 saturated heterocycles. The van der Waals surface area contributed by atoms with E-state index in [2.05, 4.69) is 10.6 Å². The van der Waals surface area contributed by atoms with Crippen LogP contribution in [0.3, 0.4) is 0 Å². The lowest BCUT2D eigenvalue weighted by Crippen LogP contribution is -2.40. The van der Waals surface area contributed by atoms with Gasteiger partial charge in [-0.2, -0.15) is 0 Å². The summed E-state index contributed by atoms with van der Waals surface area (Å²) in [6, 6.07) is 16.9. The molecule has 0 bridgehead atoms. The van der Waals surface area contributed by atoms with Crippen LogP contribution in [0.4, 0.5) is 5.69 Å². The summed E-state index contributed by atoms with van der Waals surface area (Å²) in [7, 11) is 0. The van der Waals surface area contributed by atoms with Crippen LogP contribution in [0.1, 0.15) is 29.8 Å². The van der Waals surface area contributed by atoms with Crippen molar-refractivity contribution in [1.29, 1.82) is 0 Å². The second-order valence-electron chi connectivity index (χ2n) is 5.57. The van der Waals surface area contributed by atoms with Crippen molar-refractivity contribution >= 4 is 17.9 Å². The monoisotopic (exact) mass is 296 g/mol. The van der Waals surface area contributed by atoms with Gasteiger partial charge in [-0.15, -0.1) is 0 Å². The number of hydrogen-bond acceptors (Lipinski definition) is 3. The first-order valence-electron chi connectivity index (χ1n) is 7.18. The van der Waals surface area contributed by atoms with Crippen molar-refractivity contribution in [1.82, 2.24) is 5.32 Å². The van der Waals surface area contributed by atoms with Crippen LogP contribution in [-0.2, 0) is 10.3 Å². The molecule has 1 amide bonds. The zero-order valence-electron chi connectivity index (χ0n) is 12.8. The average Bonchev–Trinajstić information content (AvgIpc) is 2.53. The Balaban J connectivity index is 2.13. The maximum absolute atomic E-state index is 12.5. The van der Waals surface area contributed by atoms with Crippen molar-refractivity contribution in [3.05, 3.63) is 65.7 Å². The molecule has 22 heavy (non-hydrogen) atoms. The van der Waals surface area contributed by atoms with Gasteiger partial charge in [0, 0.05) is 11.3 Å². The van der Waals surface area contributed by atoms with Crippen LogP contribution < -0.4 is 10.6 Å². The van der Waals surface area contributed by atoms with Crippen LogP contribution >= 0.6 is 0 Å². The molecule has 114 valence electrons. The van der Waals surface area contributed by atoms with Crippen molar-refractivity contribution < 1.29 is 9.59 Å². The molecule has 2 rings (SSSR count). The van der Waals surface area contributed by atoms with Crippen LogP contribution in [0.2, 0.25) is 0 Å². The Morgan fingerprint density at radius 1 is 1.09 bits per heavy atom. The molecule has 0 saturated carbocycles. The summed E-state index contributed by atoms with van der Waals surface area (Å²) < 4.78 is 0. The van der Waals surface area contributed by atoms with Crippen LogP contribution in [-0.4, -0.2) is 18.7 Å². The molecule has 0 atom stereocenters. The van der Waals surface area contributed by atoms with E-state index in [1.165, 1.54) is 0 Å². The SMILES string of the molecule is CC(C)(NC(=O)c1cccc(NCC=O)c1)c1ccccc1. The number of benzene rings is 2. The largest absolute Gasteiger partial charge is 0.378 e. The van der Waals surface area contributed by atoms with Crippen molar-refractivity contribution in [3.63, 3.8) is 0 Å². The van der Waals surface area contributed by atoms with Crippen molar-refractivity contribution in [2.45, 2.75) is 19.4 Å². The number of carbonyl (C=O) groups is 2. The van der Waals surface area contributed by atoms with Crippen LogP contribution in [0.5, 0.6) is 0 Å². The lowest BCUT2D eigenvalue weighted by Gasteiger charge is -2.27. The Hall–Kier alpha value is -2.62. The number of carbonyl (C=O) groups excluding carboxylic acids is 2. The highest BCUT2D eigenvalue weighted by atomic mass is 16.1. The van der Waals surface area contributed by atoms with E-state index in [9.17, 15) is 9.59 Å². The zero-order chi connectivity index (χ0) is 16.0. The summed E-state index contributed by atoms with van der Waals surface area (Å²) in [5, 5.41) is 5.97. The van der Waals surface area contributed by atoms with Gasteiger partial charge >= 0.3 is 0 Å². The number of aldehydes is 1. The van der Waals surface area contributed by atoms with Crippen molar-refractivity contribution in [2.24, 2.45) is 0 Å². The molecule has 0 aliphatic rings. The maximum atomic E-state index is 12.5. The molecule has 4 heteroatoms. The second-order valence-corrected chi connectivity index (χ2v) is 5.57. The number of anilines is 1. The van der Waals surface area contributed by atoms with E-state index < -0.39 is 5.54 Å². The number of nitrogens with one attached hydrogen (secondary N) is 2. The van der Waals surface area contributed by atoms with Gasteiger partial charge in [0.05, 0.1) is 12.1 Å². The topological polar surface area (TPSA) is 58.2 Å². The molecule has 0 unspecified atom stereocenters. The van der Waals surface area contributed by atoms with Crippen LogP contribution in [0, 0.1) is 0 Å². The highest BCUT2D eigenvalue weighted by Crippen LogP contribution is 2.20. The summed E-state index contributed by atoms with van der Waals surface area (Å²) in [6.45, 7) is 4.16. The lowest BCUT2D eigenvalue weighted by atomic mass is 9.94. The Bertz CT molecular complexity index is 651. The van der Waals surface area contributed by atoms with Gasteiger partial charge in [0.1, 0.15) is 6.29 Å². The molecule has 2 N–H and O–H groups in total. The van der Waals surface area contributed by atoms with Crippen LogP contribution in [0.15, 0.2) is 54.6 Å². The van der Waals surface area contributed by atoms with Crippen molar-refractivity contribution in [3.8, 4) is 0 Å². The van der Waals surface area contributed by atoms with E-state index in [1.54, 1.807) is 18.2 Å². The third-order valence-electron chi connectivity index (χ3n) is 3.44. The summed E-state index contributed by atoms with van der Waals surface area (Å²) in [4.78, 5) is 22.9. The minimum atomic E-state index is -0.468. The highest BCUT2D eigenvalue weighted by Gasteiger charge is 2.23. The van der Waals surface area contributed by atoms with E-state index in [-0.39, 0.29) is 12.5 Å². The molecule has 0 aromatic heterocycles. The summed E-state index contributed by atoms with van der Waals surface area (Å²) in [5.74, 6) is -0.149. The fraction of sp³-hybridized carbons (Fsp3) is 0.222. The predicted octanol–water partition coefficient (Wildman–Crippen LogP) is 2.96. The molecule has 0 aliphatic carbocycles. The van der Waals surface area contributed by atoms with Crippen molar-refractivity contribution in [2.75, 3.05) is 11.9 Å². The number of rotatable bonds is 6. The molecule has 2 aromatic carbocycles. The van der Waals surface area contributed by atoms with Gasteiger partial charge in [0.25, 0.3) is 5.91 Å². The van der Waals surface area contributed by atoms with Gasteiger partial charge in [0.2, 0.25) is 0 Å². The molecular formula is C18H20N2O2. The Labute approximate surface area is 130 Å². The summed E-state index contributed by atoms with van der Waals surface area (Å²) >= 11 is 0. The van der Waals surface area contributed by atoms with Crippen LogP contribution in [0.25, 0.3) is 0 Å². The number of hydrogen-bond donors (Lipinski definition) is 2. The third-order valence-corrected chi connectivity index (χ3v) is 3.44. The van der Waals surface area contributed by atoms with E-state index >= 15 is 0 Å². The quantitative estimate of drug-likeness (QED) is 0.806. The van der Waals surface area contributed by atoms with Gasteiger partial charge < -0.3 is 15.4 Å². The first-order chi connectivity index (χ1) is 10.5. The molecule has 0 heterocycles. The molecule has 0 fully saturated rings. The normalized spacial score (nSPS) is 10.8. The van der Waals surface area contributed by atoms with E-state index in [0.29, 0.717) is 5.56 Å². The molecule has 2 aromatic rings. The molecular weight excluding hydrogens is 276 g/mol. The highest BCUT2D eigenvalue weighted by molar-refractivity contribution is 5.95. The first-order valence-corrected chi connectivity index (χ1v) is 7.18. The molecule has 0 spiro atoms. The van der Waals surface area contributed by atoms with E-state index in [4.69, 9.17) is 0 Å². The van der Waals surface area contributed by atoms with E-state index in [1.807, 2.05) is 50.2 Å². The Kier molecular flexibility index (Phi) is 4.94. The summed E-state index contributed by atoms with van der Waals surface area (Å²) in [5.41, 5.74) is 1.88. The van der Waals surface area contributed by atoms with E-state index in [0.717, 1.165) is 17.5 Å². The fourth-order valence-corrected chi connectivity index (χ4v) is 2.21. The zero-order valence-corrected chi connectivity index (χ0v) is 12.8. The van der Waals surface area contributed by atoms with Gasteiger partial charge in [-0.25, -0.2) is 0 Å². The Morgan fingerprint density at radius 2 is 1.82 bits per heavy atom. The maximum Gasteiger partial charge on any atom is 0.252 e. The Morgan fingerprint density at radius 3 is 2.50 bits per heavy atom. The standard InChI is InChI=1S/C18H20N2O2/c1-18(2,15-8-4-3-5-9-15)20-17(22)14-7-6-10-16(13-14)19-11-12-21/h3-10,12-13,19H,11H2,1-2H3,(H,20,22). The fourth-order valence-electron chi connectivity index (χ4n) is 2.21. The minimum Gasteiger partial charge on any atom is -0.378 e. The lowest BCUT2D eigenvalue weighted by molar-refractivity contribution is -0.106. The first kappa shape index (κ1) is 15.8. The van der Waals surface area contributed by atoms with Gasteiger partial charge in [0.15, 0.2) is 0 Å². The molecule has 4 nitrogen and oxygen atoms in total. The summed E-state index contributed by atoms with van der Waals surface area (Å²) in [6.07, 6.45) is 0.783. The van der Waals surface area contributed by atoms with Gasteiger partial charge in [-0.05, 0) is 37.6 Å². The third kappa shape index (κ3) is 3.95. The second kappa shape index (κ2) is 6.89. The van der Waals surface area contributed by atoms with Gasteiger partial charge in [-0.3, -0.25) is 4.79 Å². The molecule has 0 radical (unpaired) electrons. The smallest absolute Gasteiger partial charge is 0.252 e. The number of amides is 1.